The van der Waals surface area contributed by atoms with Gasteiger partial charge in [0.05, 0.1) is 0 Å². The molecule has 0 spiro atoms. The summed E-state index contributed by atoms with van der Waals surface area (Å²) in [6.07, 6.45) is 4.40. The van der Waals surface area contributed by atoms with E-state index in [-0.39, 0.29) is 35.8 Å². The fourth-order valence-electron chi connectivity index (χ4n) is 5.48. The standard InChI is InChI=1S/C29H35FN2O3/c1-19-17-31(11-12-32(19)29(35)22-7-4-5-8-22)18-26-15-27(30)14-25(20(26)2)16-28(34)24-10-6-9-23(13-24)21(3)33/h6,9-10,13-15,19,22H,4-5,7-8,11-12,16-18H2,1-3H3/t19-/m0/s1. The molecule has 1 aliphatic heterocycles. The number of rotatable bonds is 7. The van der Waals surface area contributed by atoms with E-state index in [9.17, 15) is 18.8 Å². The van der Waals surface area contributed by atoms with Crippen molar-refractivity contribution in [3.8, 4) is 0 Å². The van der Waals surface area contributed by atoms with Gasteiger partial charge in [0.2, 0.25) is 5.91 Å². The van der Waals surface area contributed by atoms with Gasteiger partial charge in [-0.3, -0.25) is 19.3 Å². The number of carbonyl (C=O) groups is 3. The summed E-state index contributed by atoms with van der Waals surface area (Å²) in [4.78, 5) is 41.8. The zero-order chi connectivity index (χ0) is 25.1. The van der Waals surface area contributed by atoms with E-state index in [0.717, 1.165) is 49.9 Å². The lowest BCUT2D eigenvalue weighted by molar-refractivity contribution is -0.140. The molecule has 35 heavy (non-hydrogen) atoms. The van der Waals surface area contributed by atoms with Crippen molar-refractivity contribution >= 4 is 17.5 Å². The maximum Gasteiger partial charge on any atom is 0.226 e. The normalized spacial score (nSPS) is 19.2. The van der Waals surface area contributed by atoms with Crippen molar-refractivity contribution in [2.45, 2.75) is 65.5 Å². The molecule has 1 amide bonds. The highest BCUT2D eigenvalue weighted by molar-refractivity contribution is 6.01. The molecule has 1 aliphatic carbocycles. The summed E-state index contributed by atoms with van der Waals surface area (Å²) in [7, 11) is 0. The molecule has 2 aliphatic rings. The molecule has 1 saturated carbocycles. The molecular formula is C29H35FN2O3. The van der Waals surface area contributed by atoms with Crippen molar-refractivity contribution in [2.24, 2.45) is 5.92 Å². The molecule has 4 rings (SSSR count). The SMILES string of the molecule is CC(=O)c1cccc(C(=O)Cc2cc(F)cc(CN3CCN(C(=O)C4CCCC4)[C@@H](C)C3)c2C)c1. The lowest BCUT2D eigenvalue weighted by Gasteiger charge is -2.41. The summed E-state index contributed by atoms with van der Waals surface area (Å²) < 4.78 is 14.6. The van der Waals surface area contributed by atoms with Crippen LogP contribution < -0.4 is 0 Å². The fraction of sp³-hybridized carbons (Fsp3) is 0.483. The molecule has 0 radical (unpaired) electrons. The van der Waals surface area contributed by atoms with Crippen LogP contribution >= 0.6 is 0 Å². The van der Waals surface area contributed by atoms with Gasteiger partial charge in [-0.05, 0) is 68.5 Å². The number of ketones is 2. The van der Waals surface area contributed by atoms with E-state index in [2.05, 4.69) is 11.8 Å². The molecule has 1 saturated heterocycles. The number of piperazine rings is 1. The van der Waals surface area contributed by atoms with Crippen LogP contribution in [0.5, 0.6) is 0 Å². The molecule has 186 valence electrons. The number of benzene rings is 2. The summed E-state index contributed by atoms with van der Waals surface area (Å²) in [5.74, 6) is -0.102. The average molecular weight is 479 g/mol. The number of Topliss-reactive ketones (excluding diaryl/α,β-unsaturated/α-hetero) is 2. The minimum Gasteiger partial charge on any atom is -0.337 e. The molecule has 1 atom stereocenters. The van der Waals surface area contributed by atoms with Crippen LogP contribution in [0.4, 0.5) is 4.39 Å². The first-order chi connectivity index (χ1) is 16.7. The third kappa shape index (κ3) is 5.87. The van der Waals surface area contributed by atoms with E-state index in [1.54, 1.807) is 30.3 Å². The monoisotopic (exact) mass is 478 g/mol. The van der Waals surface area contributed by atoms with Gasteiger partial charge in [0, 0.05) is 55.7 Å². The molecule has 0 aromatic heterocycles. The summed E-state index contributed by atoms with van der Waals surface area (Å²) >= 11 is 0. The van der Waals surface area contributed by atoms with Gasteiger partial charge >= 0.3 is 0 Å². The Morgan fingerprint density at radius 1 is 1.00 bits per heavy atom. The third-order valence-corrected chi connectivity index (χ3v) is 7.62. The topological polar surface area (TPSA) is 57.7 Å². The molecule has 5 nitrogen and oxygen atoms in total. The van der Waals surface area contributed by atoms with Crippen LogP contribution in [0.25, 0.3) is 0 Å². The van der Waals surface area contributed by atoms with Crippen molar-refractivity contribution in [3.05, 3.63) is 70.0 Å². The number of hydrogen-bond donors (Lipinski definition) is 0. The van der Waals surface area contributed by atoms with Crippen LogP contribution in [0, 0.1) is 18.7 Å². The van der Waals surface area contributed by atoms with Gasteiger partial charge < -0.3 is 4.90 Å². The van der Waals surface area contributed by atoms with Gasteiger partial charge in [-0.25, -0.2) is 4.39 Å². The number of carbonyl (C=O) groups excluding carboxylic acids is 3. The summed E-state index contributed by atoms with van der Waals surface area (Å²) in [5, 5.41) is 0. The van der Waals surface area contributed by atoms with E-state index in [1.165, 1.54) is 13.0 Å². The molecule has 1 heterocycles. The third-order valence-electron chi connectivity index (χ3n) is 7.62. The molecule has 6 heteroatoms. The Hall–Kier alpha value is -2.86. The van der Waals surface area contributed by atoms with Gasteiger partial charge in [0.1, 0.15) is 5.82 Å². The number of nitrogens with zero attached hydrogens (tertiary/aromatic N) is 2. The lowest BCUT2D eigenvalue weighted by atomic mass is 9.94. The molecule has 2 aromatic carbocycles. The smallest absolute Gasteiger partial charge is 0.226 e. The zero-order valence-electron chi connectivity index (χ0n) is 21.0. The summed E-state index contributed by atoms with van der Waals surface area (Å²) in [6, 6.07) is 9.80. The van der Waals surface area contributed by atoms with Crippen LogP contribution in [-0.2, 0) is 17.8 Å². The van der Waals surface area contributed by atoms with Crippen LogP contribution in [0.15, 0.2) is 36.4 Å². The second-order valence-electron chi connectivity index (χ2n) is 10.2. The zero-order valence-corrected chi connectivity index (χ0v) is 21.0. The van der Waals surface area contributed by atoms with Gasteiger partial charge in [0.25, 0.3) is 0 Å². The van der Waals surface area contributed by atoms with Crippen LogP contribution in [-0.4, -0.2) is 52.9 Å². The van der Waals surface area contributed by atoms with Crippen molar-refractivity contribution in [2.75, 3.05) is 19.6 Å². The molecular weight excluding hydrogens is 443 g/mol. The van der Waals surface area contributed by atoms with Crippen LogP contribution in [0.3, 0.4) is 0 Å². The highest BCUT2D eigenvalue weighted by atomic mass is 19.1. The molecule has 0 N–H and O–H groups in total. The van der Waals surface area contributed by atoms with E-state index in [0.29, 0.717) is 35.7 Å². The Kier molecular flexibility index (Phi) is 7.80. The highest BCUT2D eigenvalue weighted by Gasteiger charge is 2.33. The molecule has 0 bridgehead atoms. The van der Waals surface area contributed by atoms with E-state index in [1.807, 2.05) is 11.8 Å². The van der Waals surface area contributed by atoms with Gasteiger partial charge in [-0.2, -0.15) is 0 Å². The Morgan fingerprint density at radius 2 is 1.69 bits per heavy atom. The van der Waals surface area contributed by atoms with E-state index in [4.69, 9.17) is 0 Å². The second-order valence-corrected chi connectivity index (χ2v) is 10.2. The van der Waals surface area contributed by atoms with Crippen molar-refractivity contribution in [1.29, 1.82) is 0 Å². The highest BCUT2D eigenvalue weighted by Crippen LogP contribution is 2.28. The van der Waals surface area contributed by atoms with Gasteiger partial charge in [-0.1, -0.05) is 31.0 Å². The summed E-state index contributed by atoms with van der Waals surface area (Å²) in [6.45, 7) is 8.29. The van der Waals surface area contributed by atoms with E-state index >= 15 is 0 Å². The lowest BCUT2D eigenvalue weighted by Crippen LogP contribution is -2.54. The quantitative estimate of drug-likeness (QED) is 0.527. The minimum atomic E-state index is -0.353. The number of amides is 1. The Morgan fingerprint density at radius 3 is 2.37 bits per heavy atom. The average Bonchev–Trinajstić information content (AvgIpc) is 3.37. The van der Waals surface area contributed by atoms with Crippen LogP contribution in [0.2, 0.25) is 0 Å². The predicted octanol–water partition coefficient (Wildman–Crippen LogP) is 4.99. The van der Waals surface area contributed by atoms with E-state index < -0.39 is 0 Å². The minimum absolute atomic E-state index is 0.0814. The summed E-state index contributed by atoms with van der Waals surface area (Å²) in [5.41, 5.74) is 3.40. The van der Waals surface area contributed by atoms with Gasteiger partial charge in [0.15, 0.2) is 11.6 Å². The fourth-order valence-corrected chi connectivity index (χ4v) is 5.48. The maximum absolute atomic E-state index is 14.6. The second kappa shape index (κ2) is 10.8. The molecule has 0 unspecified atom stereocenters. The predicted molar refractivity (Wildman–Crippen MR) is 134 cm³/mol. The number of halogens is 1. The van der Waals surface area contributed by atoms with Crippen molar-refractivity contribution < 1.29 is 18.8 Å². The largest absolute Gasteiger partial charge is 0.337 e. The Balaban J connectivity index is 1.44. The number of hydrogen-bond acceptors (Lipinski definition) is 4. The first kappa shape index (κ1) is 25.2. The van der Waals surface area contributed by atoms with Crippen molar-refractivity contribution in [1.82, 2.24) is 9.80 Å². The Bertz CT molecular complexity index is 1120. The van der Waals surface area contributed by atoms with Crippen LogP contribution in [0.1, 0.15) is 76.9 Å². The first-order valence-corrected chi connectivity index (χ1v) is 12.7. The van der Waals surface area contributed by atoms with Gasteiger partial charge in [-0.15, -0.1) is 0 Å². The maximum atomic E-state index is 14.6. The Labute approximate surface area is 207 Å². The van der Waals surface area contributed by atoms with Crippen molar-refractivity contribution in [3.63, 3.8) is 0 Å². The molecule has 2 aromatic rings. The molecule has 2 fully saturated rings. The first-order valence-electron chi connectivity index (χ1n) is 12.7.